The van der Waals surface area contributed by atoms with E-state index in [2.05, 4.69) is 21.2 Å². The number of nitrogens with one attached hydrogen (secondary N) is 1. The van der Waals surface area contributed by atoms with Crippen molar-refractivity contribution in [3.8, 4) is 0 Å². The number of likely N-dealkylation sites (N-methyl/N-ethyl adjacent to an activating group) is 2. The molecule has 2 heterocycles. The van der Waals surface area contributed by atoms with E-state index in [0.29, 0.717) is 24.0 Å². The summed E-state index contributed by atoms with van der Waals surface area (Å²) in [6.45, 7) is 1.37. The number of rotatable bonds is 7. The number of benzene rings is 1. The van der Waals surface area contributed by atoms with Gasteiger partial charge in [0.15, 0.2) is 5.11 Å². The van der Waals surface area contributed by atoms with Crippen molar-refractivity contribution in [2.75, 3.05) is 34.4 Å². The summed E-state index contributed by atoms with van der Waals surface area (Å²) in [7, 11) is 5.08. The van der Waals surface area contributed by atoms with Crippen LogP contribution in [0.25, 0.3) is 17.0 Å². The van der Waals surface area contributed by atoms with Crippen LogP contribution in [0.2, 0.25) is 0 Å². The van der Waals surface area contributed by atoms with Crippen LogP contribution >= 0.6 is 28.1 Å². The number of amides is 2. The fourth-order valence-corrected chi connectivity index (χ4v) is 3.78. The fourth-order valence-electron chi connectivity index (χ4n) is 3.23. The molecule has 0 atom stereocenters. The Morgan fingerprint density at radius 1 is 1.31 bits per heavy atom. The van der Waals surface area contributed by atoms with Crippen LogP contribution in [0.15, 0.2) is 34.6 Å². The number of hydrogen-bond donors (Lipinski definition) is 1. The number of ether oxygens (including phenoxy) is 1. The van der Waals surface area contributed by atoms with Gasteiger partial charge in [0.25, 0.3) is 5.91 Å². The van der Waals surface area contributed by atoms with Crippen molar-refractivity contribution in [2.24, 2.45) is 0 Å². The predicted molar refractivity (Wildman–Crippen MR) is 120 cm³/mol. The summed E-state index contributed by atoms with van der Waals surface area (Å²) in [5.41, 5.74) is 2.26. The molecule has 29 heavy (non-hydrogen) atoms. The summed E-state index contributed by atoms with van der Waals surface area (Å²) >= 11 is 8.79. The molecular weight excluding hydrogens is 456 g/mol. The summed E-state index contributed by atoms with van der Waals surface area (Å²) in [5, 5.41) is 4.30. The largest absolute Gasteiger partial charge is 0.385 e. The summed E-state index contributed by atoms with van der Waals surface area (Å²) in [6, 6.07) is 5.87. The SMILES string of the molecule is COCCCNC(=O)Cn1cc(/C=C2\C(=O)N(C)C(=S)N2C)c2cc(Br)ccc21. The highest BCUT2D eigenvalue weighted by Gasteiger charge is 2.33. The lowest BCUT2D eigenvalue weighted by atomic mass is 10.1. The zero-order chi connectivity index (χ0) is 21.1. The average Bonchev–Trinajstić information content (AvgIpc) is 3.11. The van der Waals surface area contributed by atoms with Crippen LogP contribution in [0, 0.1) is 0 Å². The number of carbonyl (C=O) groups is 2. The number of halogens is 1. The Kier molecular flexibility index (Phi) is 6.71. The lowest BCUT2D eigenvalue weighted by Gasteiger charge is -2.10. The number of methoxy groups -OCH3 is 1. The number of fused-ring (bicyclic) bond motifs is 1. The van der Waals surface area contributed by atoms with Crippen LogP contribution in [-0.4, -0.2) is 65.7 Å². The van der Waals surface area contributed by atoms with E-state index in [1.807, 2.05) is 35.0 Å². The first-order valence-corrected chi connectivity index (χ1v) is 10.3. The second-order valence-electron chi connectivity index (χ2n) is 6.81. The monoisotopic (exact) mass is 478 g/mol. The van der Waals surface area contributed by atoms with Crippen molar-refractivity contribution in [1.82, 2.24) is 19.7 Å². The first kappa shape index (κ1) is 21.5. The quantitative estimate of drug-likeness (QED) is 0.376. The molecule has 0 unspecified atom stereocenters. The zero-order valence-electron chi connectivity index (χ0n) is 16.6. The van der Waals surface area contributed by atoms with Gasteiger partial charge in [0, 0.05) is 61.5 Å². The standard InChI is InChI=1S/C20H23BrN4O3S/c1-23-17(19(27)24(2)20(23)29)9-13-11-25(12-18(26)22-7-4-8-28-3)16-6-5-14(21)10-15(13)16/h5-6,9-11H,4,7-8,12H2,1-3H3,(H,22,26)/b17-9+. The first-order chi connectivity index (χ1) is 13.8. The maximum atomic E-state index is 12.5. The van der Waals surface area contributed by atoms with E-state index >= 15 is 0 Å². The maximum Gasteiger partial charge on any atom is 0.276 e. The fraction of sp³-hybridized carbons (Fsp3) is 0.350. The average molecular weight is 479 g/mol. The molecule has 0 spiro atoms. The van der Waals surface area contributed by atoms with E-state index in [1.165, 1.54) is 4.90 Å². The predicted octanol–water partition coefficient (Wildman–Crippen LogP) is 2.59. The van der Waals surface area contributed by atoms with Crippen molar-refractivity contribution in [3.63, 3.8) is 0 Å². The van der Waals surface area contributed by atoms with Crippen molar-refractivity contribution < 1.29 is 14.3 Å². The van der Waals surface area contributed by atoms with Crippen LogP contribution in [0.4, 0.5) is 0 Å². The molecule has 1 saturated heterocycles. The number of aromatic nitrogens is 1. The minimum Gasteiger partial charge on any atom is -0.385 e. The van der Waals surface area contributed by atoms with Crippen LogP contribution in [0.5, 0.6) is 0 Å². The van der Waals surface area contributed by atoms with Gasteiger partial charge in [0.2, 0.25) is 5.91 Å². The van der Waals surface area contributed by atoms with Gasteiger partial charge in [0.05, 0.1) is 0 Å². The van der Waals surface area contributed by atoms with Crippen molar-refractivity contribution in [1.29, 1.82) is 0 Å². The van der Waals surface area contributed by atoms with Gasteiger partial charge in [-0.25, -0.2) is 0 Å². The van der Waals surface area contributed by atoms with Crippen LogP contribution in [-0.2, 0) is 20.9 Å². The summed E-state index contributed by atoms with van der Waals surface area (Å²) in [4.78, 5) is 28.0. The van der Waals surface area contributed by atoms with E-state index in [9.17, 15) is 9.59 Å². The van der Waals surface area contributed by atoms with E-state index in [0.717, 1.165) is 27.4 Å². The first-order valence-electron chi connectivity index (χ1n) is 9.15. The molecule has 0 bridgehead atoms. The minimum atomic E-state index is -0.149. The van der Waals surface area contributed by atoms with E-state index in [1.54, 1.807) is 26.1 Å². The molecule has 1 aromatic carbocycles. The maximum absolute atomic E-state index is 12.5. The molecule has 2 amide bonds. The molecule has 2 aromatic rings. The Bertz CT molecular complexity index is 1000. The van der Waals surface area contributed by atoms with E-state index < -0.39 is 0 Å². The van der Waals surface area contributed by atoms with Crippen molar-refractivity contribution >= 4 is 62.1 Å². The molecule has 0 aliphatic carbocycles. The molecule has 1 aliphatic rings. The normalized spacial score (nSPS) is 15.8. The molecule has 1 N–H and O–H groups in total. The Morgan fingerprint density at radius 3 is 2.72 bits per heavy atom. The van der Waals surface area contributed by atoms with Crippen LogP contribution in [0.1, 0.15) is 12.0 Å². The number of hydrogen-bond acceptors (Lipinski definition) is 4. The molecule has 9 heteroatoms. The lowest BCUT2D eigenvalue weighted by molar-refractivity contribution is -0.122. The van der Waals surface area contributed by atoms with Gasteiger partial charge in [-0.05, 0) is 42.9 Å². The minimum absolute atomic E-state index is 0.0740. The highest BCUT2D eigenvalue weighted by molar-refractivity contribution is 9.10. The van der Waals surface area contributed by atoms with Gasteiger partial charge in [0.1, 0.15) is 12.2 Å². The molecule has 0 radical (unpaired) electrons. The smallest absolute Gasteiger partial charge is 0.276 e. The van der Waals surface area contributed by atoms with Gasteiger partial charge in [-0.3, -0.25) is 14.5 Å². The third-order valence-corrected chi connectivity index (χ3v) is 5.83. The van der Waals surface area contributed by atoms with Gasteiger partial charge in [-0.1, -0.05) is 15.9 Å². The van der Waals surface area contributed by atoms with Crippen LogP contribution < -0.4 is 5.32 Å². The highest BCUT2D eigenvalue weighted by atomic mass is 79.9. The zero-order valence-corrected chi connectivity index (χ0v) is 19.0. The Labute approximate surface area is 183 Å². The molecular formula is C20H23BrN4O3S. The molecule has 154 valence electrons. The topological polar surface area (TPSA) is 66.8 Å². The Morgan fingerprint density at radius 2 is 2.07 bits per heavy atom. The van der Waals surface area contributed by atoms with Gasteiger partial charge < -0.3 is 19.5 Å². The number of carbonyl (C=O) groups excluding carboxylic acids is 2. The van der Waals surface area contributed by atoms with Crippen molar-refractivity contribution in [3.05, 3.63) is 40.1 Å². The summed E-state index contributed by atoms with van der Waals surface area (Å²) in [6.07, 6.45) is 4.47. The van der Waals surface area contributed by atoms with E-state index in [4.69, 9.17) is 17.0 Å². The molecule has 0 saturated carbocycles. The van der Waals surface area contributed by atoms with E-state index in [-0.39, 0.29) is 18.4 Å². The molecule has 7 nitrogen and oxygen atoms in total. The molecule has 1 fully saturated rings. The molecule has 3 rings (SSSR count). The number of thiocarbonyl (C=S) groups is 1. The third kappa shape index (κ3) is 4.52. The summed E-state index contributed by atoms with van der Waals surface area (Å²) in [5.74, 6) is -0.223. The van der Waals surface area contributed by atoms with Gasteiger partial charge >= 0.3 is 0 Å². The summed E-state index contributed by atoms with van der Waals surface area (Å²) < 4.78 is 7.81. The van der Waals surface area contributed by atoms with Crippen LogP contribution in [0.3, 0.4) is 0 Å². The highest BCUT2D eigenvalue weighted by Crippen LogP contribution is 2.29. The Hall–Kier alpha value is -2.23. The second kappa shape index (κ2) is 9.06. The molecule has 1 aromatic heterocycles. The number of nitrogens with zero attached hydrogens (tertiary/aromatic N) is 3. The van der Waals surface area contributed by atoms with Gasteiger partial charge in [-0.2, -0.15) is 0 Å². The lowest BCUT2D eigenvalue weighted by Crippen LogP contribution is -2.28. The second-order valence-corrected chi connectivity index (χ2v) is 8.09. The molecule has 1 aliphatic heterocycles. The van der Waals surface area contributed by atoms with Gasteiger partial charge in [-0.15, -0.1) is 0 Å². The Balaban J connectivity index is 1.92. The van der Waals surface area contributed by atoms with Crippen molar-refractivity contribution in [2.45, 2.75) is 13.0 Å². The third-order valence-electron chi connectivity index (χ3n) is 4.79.